The van der Waals surface area contributed by atoms with Gasteiger partial charge in [-0.15, -0.1) is 13.2 Å². The summed E-state index contributed by atoms with van der Waals surface area (Å²) < 4.78 is 49.7. The van der Waals surface area contributed by atoms with Gasteiger partial charge in [-0.05, 0) is 59.2 Å². The summed E-state index contributed by atoms with van der Waals surface area (Å²) in [6, 6.07) is 24.1. The molecule has 0 bridgehead atoms. The Hall–Kier alpha value is -4.86. The Morgan fingerprint density at radius 2 is 1.64 bits per heavy atom. The number of benzene rings is 3. The average Bonchev–Trinajstić information content (AvgIpc) is 3.26. The Bertz CT molecular complexity index is 1610. The Balaban J connectivity index is 1.43. The van der Waals surface area contributed by atoms with E-state index in [1.807, 2.05) is 53.1 Å². The van der Waals surface area contributed by atoms with Gasteiger partial charge >= 0.3 is 12.3 Å². The molecule has 0 amide bonds. The van der Waals surface area contributed by atoms with E-state index in [1.165, 1.54) is 18.3 Å². The summed E-state index contributed by atoms with van der Waals surface area (Å²) in [6.45, 7) is 0.619. The highest BCUT2D eigenvalue weighted by molar-refractivity contribution is 5.81. The number of hydrogen-bond acceptors (Lipinski definition) is 5. The van der Waals surface area contributed by atoms with Gasteiger partial charge < -0.3 is 19.1 Å². The maximum atomic E-state index is 12.6. The lowest BCUT2D eigenvalue weighted by Gasteiger charge is -2.15. The first kappa shape index (κ1) is 25.8. The van der Waals surface area contributed by atoms with Crippen LogP contribution in [0.5, 0.6) is 11.6 Å². The Labute approximate surface area is 221 Å². The fourth-order valence-corrected chi connectivity index (χ4v) is 4.25. The van der Waals surface area contributed by atoms with Crippen molar-refractivity contribution in [1.29, 1.82) is 0 Å². The summed E-state index contributed by atoms with van der Waals surface area (Å²) in [7, 11) is 0. The number of para-hydroxylation sites is 2. The normalized spacial score (nSPS) is 11.5. The molecule has 5 rings (SSSR count). The van der Waals surface area contributed by atoms with Gasteiger partial charge in [0, 0.05) is 17.8 Å². The van der Waals surface area contributed by atoms with Crippen LogP contribution in [-0.2, 0) is 24.4 Å². The van der Waals surface area contributed by atoms with E-state index < -0.39 is 12.3 Å². The third-order valence-corrected chi connectivity index (χ3v) is 5.98. The monoisotopic (exact) mass is 533 g/mol. The number of carboxylic acid groups (broad SMARTS) is 1. The van der Waals surface area contributed by atoms with Crippen molar-refractivity contribution in [2.24, 2.45) is 0 Å². The smallest absolute Gasteiger partial charge is 0.481 e. The van der Waals surface area contributed by atoms with Crippen LogP contribution in [-0.4, -0.2) is 32.0 Å². The molecule has 0 aliphatic heterocycles. The lowest BCUT2D eigenvalue weighted by atomic mass is 10.1. The minimum atomic E-state index is -4.77. The molecule has 3 aromatic carbocycles. The van der Waals surface area contributed by atoms with Crippen molar-refractivity contribution < 1.29 is 32.5 Å². The Kier molecular flexibility index (Phi) is 7.18. The van der Waals surface area contributed by atoms with E-state index in [9.17, 15) is 18.0 Å². The van der Waals surface area contributed by atoms with Crippen molar-refractivity contribution in [3.8, 4) is 23.0 Å². The molecule has 2 aromatic heterocycles. The molecule has 10 heteroatoms. The number of fused-ring (bicyclic) bond motifs is 1. The van der Waals surface area contributed by atoms with Crippen molar-refractivity contribution in [3.05, 3.63) is 108 Å². The molecular weight excluding hydrogens is 511 g/mol. The van der Waals surface area contributed by atoms with Gasteiger partial charge in [0.05, 0.1) is 24.0 Å². The van der Waals surface area contributed by atoms with Crippen molar-refractivity contribution >= 4 is 17.0 Å². The number of hydrogen-bond donors (Lipinski definition) is 1. The van der Waals surface area contributed by atoms with Crippen molar-refractivity contribution in [2.45, 2.75) is 25.9 Å². The van der Waals surface area contributed by atoms with Crippen molar-refractivity contribution in [1.82, 2.24) is 14.5 Å². The average molecular weight is 534 g/mol. The zero-order valence-electron chi connectivity index (χ0n) is 20.4. The molecule has 39 heavy (non-hydrogen) atoms. The zero-order chi connectivity index (χ0) is 27.4. The van der Waals surface area contributed by atoms with Crippen molar-refractivity contribution in [2.75, 3.05) is 0 Å². The summed E-state index contributed by atoms with van der Waals surface area (Å²) in [4.78, 5) is 20.0. The number of carbonyl (C=O) groups is 1. The number of carboxylic acids is 1. The van der Waals surface area contributed by atoms with Crippen molar-refractivity contribution in [3.63, 3.8) is 0 Å². The summed E-state index contributed by atoms with van der Waals surface area (Å²) in [5.74, 6) is -0.340. The number of alkyl halides is 3. The summed E-state index contributed by atoms with van der Waals surface area (Å²) in [5.41, 5.74) is 4.66. The number of ether oxygens (including phenoxy) is 2. The summed E-state index contributed by atoms with van der Waals surface area (Å²) >= 11 is 0. The minimum absolute atomic E-state index is 0.130. The van der Waals surface area contributed by atoms with Crippen LogP contribution >= 0.6 is 0 Å². The lowest BCUT2D eigenvalue weighted by molar-refractivity contribution is -0.274. The molecule has 5 aromatic rings. The zero-order valence-corrected chi connectivity index (χ0v) is 20.4. The van der Waals surface area contributed by atoms with E-state index >= 15 is 0 Å². The second-order valence-electron chi connectivity index (χ2n) is 8.71. The molecule has 0 atom stereocenters. The standard InChI is InChI=1S/C29H22F3N3O4/c30-29(31,32)39-23-11-9-20(10-12-23)28-34-24-7-3-4-8-25(24)35(28)17-21-5-1-2-6-22(21)18-38-26-15-19(13-14-33-26)16-27(36)37/h1-15H,16-18H2,(H,36,37). The molecule has 7 nitrogen and oxygen atoms in total. The molecule has 0 saturated heterocycles. The number of imidazole rings is 1. The highest BCUT2D eigenvalue weighted by Crippen LogP contribution is 2.30. The number of aromatic nitrogens is 3. The van der Waals surface area contributed by atoms with E-state index in [1.54, 1.807) is 24.3 Å². The van der Waals surface area contributed by atoms with Gasteiger partial charge in [0.1, 0.15) is 18.2 Å². The van der Waals surface area contributed by atoms with Gasteiger partial charge in [-0.1, -0.05) is 36.4 Å². The topological polar surface area (TPSA) is 86.5 Å². The van der Waals surface area contributed by atoms with Crippen LogP contribution in [0.15, 0.2) is 91.1 Å². The number of aliphatic carboxylic acids is 1. The molecule has 2 heterocycles. The first-order valence-electron chi connectivity index (χ1n) is 11.9. The lowest BCUT2D eigenvalue weighted by Crippen LogP contribution is -2.17. The van der Waals surface area contributed by atoms with Gasteiger partial charge in [0.25, 0.3) is 0 Å². The third-order valence-electron chi connectivity index (χ3n) is 5.98. The fourth-order valence-electron chi connectivity index (χ4n) is 4.25. The van der Waals surface area contributed by atoms with Crippen LogP contribution in [0.3, 0.4) is 0 Å². The molecular formula is C29H22F3N3O4. The number of halogens is 3. The van der Waals surface area contributed by atoms with Crippen LogP contribution in [0.2, 0.25) is 0 Å². The van der Waals surface area contributed by atoms with E-state index in [0.717, 1.165) is 22.2 Å². The highest BCUT2D eigenvalue weighted by atomic mass is 19.4. The minimum Gasteiger partial charge on any atom is -0.481 e. The highest BCUT2D eigenvalue weighted by Gasteiger charge is 2.31. The van der Waals surface area contributed by atoms with Crippen LogP contribution in [0.4, 0.5) is 13.2 Å². The largest absolute Gasteiger partial charge is 0.573 e. The first-order chi connectivity index (χ1) is 18.7. The maximum absolute atomic E-state index is 12.6. The van der Waals surface area contributed by atoms with E-state index in [2.05, 4.69) is 9.72 Å². The Morgan fingerprint density at radius 3 is 2.38 bits per heavy atom. The molecule has 0 radical (unpaired) electrons. The van der Waals surface area contributed by atoms with Crippen LogP contribution in [0, 0.1) is 0 Å². The van der Waals surface area contributed by atoms with Crippen LogP contribution < -0.4 is 9.47 Å². The second kappa shape index (κ2) is 10.9. The van der Waals surface area contributed by atoms with Gasteiger partial charge in [-0.3, -0.25) is 4.79 Å². The summed E-state index contributed by atoms with van der Waals surface area (Å²) in [6.07, 6.45) is -3.39. The Morgan fingerprint density at radius 1 is 0.923 bits per heavy atom. The van der Waals surface area contributed by atoms with Gasteiger partial charge in [0.15, 0.2) is 0 Å². The molecule has 0 aliphatic carbocycles. The molecule has 0 fully saturated rings. The first-order valence-corrected chi connectivity index (χ1v) is 11.9. The van der Waals surface area contributed by atoms with E-state index in [4.69, 9.17) is 14.8 Å². The molecule has 0 unspecified atom stereocenters. The number of nitrogens with zero attached hydrogens (tertiary/aromatic N) is 3. The van der Waals surface area contributed by atoms with E-state index in [-0.39, 0.29) is 18.8 Å². The predicted molar refractivity (Wildman–Crippen MR) is 137 cm³/mol. The van der Waals surface area contributed by atoms with Gasteiger partial charge in [-0.2, -0.15) is 0 Å². The number of rotatable bonds is 9. The van der Waals surface area contributed by atoms with Crippen LogP contribution in [0.25, 0.3) is 22.4 Å². The summed E-state index contributed by atoms with van der Waals surface area (Å²) in [5, 5.41) is 9.04. The molecule has 198 valence electrons. The molecule has 0 aliphatic rings. The van der Waals surface area contributed by atoms with Crippen LogP contribution in [0.1, 0.15) is 16.7 Å². The molecule has 0 spiro atoms. The van der Waals surface area contributed by atoms with Gasteiger partial charge in [-0.25, -0.2) is 9.97 Å². The second-order valence-corrected chi connectivity index (χ2v) is 8.71. The van der Waals surface area contributed by atoms with E-state index in [0.29, 0.717) is 29.4 Å². The quantitative estimate of drug-likeness (QED) is 0.241. The number of pyridine rings is 1. The van der Waals surface area contributed by atoms with Gasteiger partial charge in [0.2, 0.25) is 5.88 Å². The molecule has 0 saturated carbocycles. The predicted octanol–water partition coefficient (Wildman–Crippen LogP) is 6.25. The fraction of sp³-hybridized carbons (Fsp3) is 0.138. The SMILES string of the molecule is O=C(O)Cc1ccnc(OCc2ccccc2Cn2c(-c3ccc(OC(F)(F)F)cc3)nc3ccccc32)c1. The molecule has 1 N–H and O–H groups in total. The maximum Gasteiger partial charge on any atom is 0.573 e. The third kappa shape index (κ3) is 6.35.